The van der Waals surface area contributed by atoms with Crippen LogP contribution in [-0.4, -0.2) is 23.6 Å². The lowest BCUT2D eigenvalue weighted by Gasteiger charge is -2.19. The number of nitrogens with zero attached hydrogens (tertiary/aromatic N) is 2. The molecular formula is C10H14ClN3O. The van der Waals surface area contributed by atoms with E-state index in [-0.39, 0.29) is 6.04 Å². The van der Waals surface area contributed by atoms with E-state index in [1.807, 2.05) is 11.1 Å². The number of methoxy groups -OCH3 is 1. The molecule has 1 aromatic heterocycles. The van der Waals surface area contributed by atoms with Crippen molar-refractivity contribution in [2.75, 3.05) is 13.7 Å². The van der Waals surface area contributed by atoms with E-state index in [4.69, 9.17) is 22.2 Å². The molecule has 2 N–H and O–H groups in total. The summed E-state index contributed by atoms with van der Waals surface area (Å²) in [7, 11) is 1.58. The predicted octanol–water partition coefficient (Wildman–Crippen LogP) is 1.75. The molecule has 1 aliphatic heterocycles. The van der Waals surface area contributed by atoms with Crippen LogP contribution in [0.3, 0.4) is 0 Å². The lowest BCUT2D eigenvalue weighted by Crippen LogP contribution is -2.30. The molecule has 2 rings (SSSR count). The van der Waals surface area contributed by atoms with Gasteiger partial charge in [-0.25, -0.2) is 9.99 Å². The van der Waals surface area contributed by atoms with Crippen LogP contribution in [-0.2, 0) is 0 Å². The first kappa shape index (κ1) is 10.7. The van der Waals surface area contributed by atoms with Crippen molar-refractivity contribution < 1.29 is 4.74 Å². The van der Waals surface area contributed by atoms with Gasteiger partial charge in [0.1, 0.15) is 0 Å². The van der Waals surface area contributed by atoms with Crippen molar-refractivity contribution in [3.8, 4) is 5.75 Å². The van der Waals surface area contributed by atoms with Crippen LogP contribution in [0.4, 0.5) is 0 Å². The Labute approximate surface area is 94.0 Å². The average molecular weight is 228 g/mol. The Morgan fingerprint density at radius 1 is 1.67 bits per heavy atom. The minimum atomic E-state index is 0.240. The third-order valence-electron chi connectivity index (χ3n) is 2.73. The minimum Gasteiger partial charge on any atom is -0.494 e. The van der Waals surface area contributed by atoms with Crippen LogP contribution in [0.25, 0.3) is 0 Å². The summed E-state index contributed by atoms with van der Waals surface area (Å²) in [5.74, 6) is 6.48. The number of hydrogen-bond donors (Lipinski definition) is 1. The van der Waals surface area contributed by atoms with Crippen LogP contribution in [0.15, 0.2) is 12.3 Å². The highest BCUT2D eigenvalue weighted by Gasteiger charge is 2.24. The highest BCUT2D eigenvalue weighted by atomic mass is 35.5. The Morgan fingerprint density at radius 3 is 3.07 bits per heavy atom. The fraction of sp³-hybridized carbons (Fsp3) is 0.500. The van der Waals surface area contributed by atoms with Gasteiger partial charge in [0.25, 0.3) is 0 Å². The van der Waals surface area contributed by atoms with E-state index in [0.717, 1.165) is 24.9 Å². The molecule has 0 unspecified atom stereocenters. The van der Waals surface area contributed by atoms with Gasteiger partial charge in [0.05, 0.1) is 13.2 Å². The van der Waals surface area contributed by atoms with Crippen molar-refractivity contribution in [2.45, 2.75) is 18.9 Å². The fourth-order valence-electron chi connectivity index (χ4n) is 1.92. The molecule has 4 nitrogen and oxygen atoms in total. The first-order valence-electron chi connectivity index (χ1n) is 4.93. The van der Waals surface area contributed by atoms with Crippen LogP contribution in [0.2, 0.25) is 5.15 Å². The van der Waals surface area contributed by atoms with Gasteiger partial charge >= 0.3 is 0 Å². The number of pyridine rings is 1. The van der Waals surface area contributed by atoms with Gasteiger partial charge in [-0.05, 0) is 24.5 Å². The van der Waals surface area contributed by atoms with Crippen molar-refractivity contribution in [3.63, 3.8) is 0 Å². The van der Waals surface area contributed by atoms with Crippen molar-refractivity contribution in [1.29, 1.82) is 0 Å². The third kappa shape index (κ3) is 2.07. The molecule has 1 fully saturated rings. The molecule has 1 saturated heterocycles. The van der Waals surface area contributed by atoms with E-state index >= 15 is 0 Å². The summed E-state index contributed by atoms with van der Waals surface area (Å²) in [6.07, 6.45) is 3.94. The Morgan fingerprint density at radius 2 is 2.47 bits per heavy atom. The molecule has 1 atom stereocenters. The van der Waals surface area contributed by atoms with Gasteiger partial charge in [-0.1, -0.05) is 11.6 Å². The van der Waals surface area contributed by atoms with E-state index < -0.39 is 0 Å². The third-order valence-corrected chi connectivity index (χ3v) is 3.01. The van der Waals surface area contributed by atoms with Crippen LogP contribution in [0.1, 0.15) is 24.4 Å². The number of rotatable bonds is 2. The van der Waals surface area contributed by atoms with Crippen molar-refractivity contribution in [3.05, 3.63) is 23.0 Å². The molecule has 0 radical (unpaired) electrons. The molecule has 82 valence electrons. The van der Waals surface area contributed by atoms with E-state index in [2.05, 4.69) is 4.98 Å². The summed E-state index contributed by atoms with van der Waals surface area (Å²) in [6, 6.07) is 2.15. The summed E-state index contributed by atoms with van der Waals surface area (Å²) >= 11 is 5.86. The van der Waals surface area contributed by atoms with Gasteiger partial charge in [0, 0.05) is 12.7 Å². The maximum absolute atomic E-state index is 5.87. The molecule has 0 saturated carbocycles. The van der Waals surface area contributed by atoms with E-state index in [9.17, 15) is 0 Å². The lowest BCUT2D eigenvalue weighted by atomic mass is 10.1. The second kappa shape index (κ2) is 4.35. The second-order valence-electron chi connectivity index (χ2n) is 3.66. The maximum atomic E-state index is 5.87. The summed E-state index contributed by atoms with van der Waals surface area (Å²) in [6.45, 7) is 0.926. The van der Waals surface area contributed by atoms with Crippen molar-refractivity contribution in [2.24, 2.45) is 5.84 Å². The van der Waals surface area contributed by atoms with Gasteiger partial charge < -0.3 is 4.74 Å². The standard InChI is InChI=1S/C10H14ClN3O/c1-15-9-5-7(6-13-10(9)11)8-3-2-4-14(8)12/h5-6,8H,2-4,12H2,1H3/t8-/m1/s1. The largest absolute Gasteiger partial charge is 0.494 e. The number of nitrogens with two attached hydrogens (primary N) is 1. The molecule has 5 heteroatoms. The smallest absolute Gasteiger partial charge is 0.171 e. The number of hydrazine groups is 1. The summed E-state index contributed by atoms with van der Waals surface area (Å²) in [5, 5.41) is 2.23. The highest BCUT2D eigenvalue weighted by molar-refractivity contribution is 6.30. The van der Waals surface area contributed by atoms with Crippen LogP contribution >= 0.6 is 11.6 Å². The second-order valence-corrected chi connectivity index (χ2v) is 4.02. The minimum absolute atomic E-state index is 0.240. The number of halogens is 1. The Balaban J connectivity index is 2.28. The normalized spacial score (nSPS) is 21.9. The van der Waals surface area contributed by atoms with Gasteiger partial charge in [0.15, 0.2) is 10.9 Å². The summed E-state index contributed by atoms with van der Waals surface area (Å²) < 4.78 is 5.13. The van der Waals surface area contributed by atoms with E-state index in [1.165, 1.54) is 0 Å². The quantitative estimate of drug-likeness (QED) is 0.618. The zero-order valence-corrected chi connectivity index (χ0v) is 9.37. The van der Waals surface area contributed by atoms with Crippen LogP contribution in [0, 0.1) is 0 Å². The maximum Gasteiger partial charge on any atom is 0.171 e. The van der Waals surface area contributed by atoms with E-state index in [1.54, 1.807) is 13.3 Å². The molecule has 0 aromatic carbocycles. The summed E-state index contributed by atoms with van der Waals surface area (Å²) in [4.78, 5) is 4.09. The Kier molecular flexibility index (Phi) is 3.09. The molecular weight excluding hydrogens is 214 g/mol. The van der Waals surface area contributed by atoms with Crippen molar-refractivity contribution in [1.82, 2.24) is 9.99 Å². The lowest BCUT2D eigenvalue weighted by molar-refractivity contribution is 0.265. The fourth-order valence-corrected chi connectivity index (χ4v) is 2.10. The topological polar surface area (TPSA) is 51.4 Å². The van der Waals surface area contributed by atoms with Gasteiger partial charge in [0.2, 0.25) is 0 Å². The molecule has 0 amide bonds. The van der Waals surface area contributed by atoms with Gasteiger partial charge in [-0.2, -0.15) is 0 Å². The van der Waals surface area contributed by atoms with Gasteiger partial charge in [-0.15, -0.1) is 0 Å². The number of ether oxygens (including phenoxy) is 1. The first-order chi connectivity index (χ1) is 7.22. The summed E-state index contributed by atoms with van der Waals surface area (Å²) in [5.41, 5.74) is 1.07. The molecule has 0 spiro atoms. The number of aromatic nitrogens is 1. The van der Waals surface area contributed by atoms with E-state index in [0.29, 0.717) is 10.9 Å². The molecule has 1 aliphatic rings. The zero-order valence-electron chi connectivity index (χ0n) is 8.61. The molecule has 2 heterocycles. The first-order valence-corrected chi connectivity index (χ1v) is 5.31. The van der Waals surface area contributed by atoms with Crippen LogP contribution < -0.4 is 10.6 Å². The van der Waals surface area contributed by atoms with Gasteiger partial charge in [-0.3, -0.25) is 5.84 Å². The number of hydrogen-bond acceptors (Lipinski definition) is 4. The molecule has 0 aliphatic carbocycles. The SMILES string of the molecule is COc1cc([C@H]2CCCN2N)cnc1Cl. The average Bonchev–Trinajstić information content (AvgIpc) is 2.65. The molecule has 1 aromatic rings. The van der Waals surface area contributed by atoms with Crippen LogP contribution in [0.5, 0.6) is 5.75 Å². The Bertz CT molecular complexity index is 359. The zero-order chi connectivity index (χ0) is 10.8. The monoisotopic (exact) mass is 227 g/mol. The predicted molar refractivity (Wildman–Crippen MR) is 58.7 cm³/mol. The highest BCUT2D eigenvalue weighted by Crippen LogP contribution is 2.32. The van der Waals surface area contributed by atoms with Crippen molar-refractivity contribution >= 4 is 11.6 Å². The Hall–Kier alpha value is -0.840. The molecule has 15 heavy (non-hydrogen) atoms. The molecule has 0 bridgehead atoms.